The van der Waals surface area contributed by atoms with Crippen molar-refractivity contribution in [3.63, 3.8) is 0 Å². The fraction of sp³-hybridized carbons (Fsp3) is 0.600. The number of hydrogen-bond acceptors (Lipinski definition) is 4. The summed E-state index contributed by atoms with van der Waals surface area (Å²) in [5.74, 6) is -3.92. The van der Waals surface area contributed by atoms with E-state index >= 15 is 0 Å². The molecule has 0 saturated carbocycles. The van der Waals surface area contributed by atoms with Crippen molar-refractivity contribution in [1.82, 2.24) is 0 Å². The quantitative estimate of drug-likeness (QED) is 0.314. The molecule has 23 heavy (non-hydrogen) atoms. The third kappa shape index (κ3) is 22.1. The summed E-state index contributed by atoms with van der Waals surface area (Å²) >= 11 is 0. The van der Waals surface area contributed by atoms with Gasteiger partial charge in [0.2, 0.25) is 0 Å². The standard InChI is InChI=1S/C10H18O4.C5H6O4/c11-9(12)7-5-3-1-2-4-6-8-10(13)14;1-3(5(8)9)2-4(6)7/h1-8H2,(H,11,12)(H,13,14);1-2H2,(H,6,7)(H,8,9). The Morgan fingerprint density at radius 1 is 0.609 bits per heavy atom. The predicted molar refractivity (Wildman–Crippen MR) is 81.2 cm³/mol. The molecule has 8 nitrogen and oxygen atoms in total. The van der Waals surface area contributed by atoms with Gasteiger partial charge in [0.25, 0.3) is 0 Å². The Morgan fingerprint density at radius 2 is 0.957 bits per heavy atom. The second kappa shape index (κ2) is 14.6. The average molecular weight is 332 g/mol. The number of unbranched alkanes of at least 4 members (excludes halogenated alkanes) is 5. The molecule has 0 fully saturated rings. The van der Waals surface area contributed by atoms with E-state index in [1.165, 1.54) is 0 Å². The molecule has 0 aromatic carbocycles. The Hall–Kier alpha value is -2.38. The van der Waals surface area contributed by atoms with Crippen LogP contribution < -0.4 is 0 Å². The highest BCUT2D eigenvalue weighted by Crippen LogP contribution is 2.08. The van der Waals surface area contributed by atoms with Crippen LogP contribution in [0.5, 0.6) is 0 Å². The van der Waals surface area contributed by atoms with Crippen molar-refractivity contribution in [3.8, 4) is 0 Å². The summed E-state index contributed by atoms with van der Waals surface area (Å²) in [6.45, 7) is 3.01. The first kappa shape index (κ1) is 22.9. The fourth-order valence-electron chi connectivity index (χ4n) is 1.52. The van der Waals surface area contributed by atoms with Crippen LogP contribution >= 0.6 is 0 Å². The molecular formula is C15H24O8. The van der Waals surface area contributed by atoms with Gasteiger partial charge in [-0.05, 0) is 12.8 Å². The van der Waals surface area contributed by atoms with E-state index in [4.69, 9.17) is 20.4 Å². The maximum absolute atomic E-state index is 10.1. The highest BCUT2D eigenvalue weighted by atomic mass is 16.4. The van der Waals surface area contributed by atoms with Gasteiger partial charge in [-0.3, -0.25) is 14.4 Å². The number of carboxylic acid groups (broad SMARTS) is 4. The second-order valence-electron chi connectivity index (χ2n) is 4.89. The van der Waals surface area contributed by atoms with Crippen LogP contribution in [0.2, 0.25) is 0 Å². The number of rotatable bonds is 12. The largest absolute Gasteiger partial charge is 0.481 e. The lowest BCUT2D eigenvalue weighted by molar-refractivity contribution is -0.139. The van der Waals surface area contributed by atoms with Gasteiger partial charge in [0, 0.05) is 18.4 Å². The predicted octanol–water partition coefficient (Wildman–Crippen LogP) is 2.38. The van der Waals surface area contributed by atoms with E-state index in [0.29, 0.717) is 0 Å². The van der Waals surface area contributed by atoms with Gasteiger partial charge in [0.05, 0.1) is 6.42 Å². The molecule has 0 spiro atoms. The van der Waals surface area contributed by atoms with E-state index in [2.05, 4.69) is 6.58 Å². The van der Waals surface area contributed by atoms with Crippen LogP contribution in [0.3, 0.4) is 0 Å². The fourth-order valence-corrected chi connectivity index (χ4v) is 1.52. The van der Waals surface area contributed by atoms with Crippen molar-refractivity contribution in [2.45, 2.75) is 57.8 Å². The van der Waals surface area contributed by atoms with E-state index in [9.17, 15) is 19.2 Å². The van der Waals surface area contributed by atoms with Crippen LogP contribution in [0.1, 0.15) is 57.8 Å². The highest BCUT2D eigenvalue weighted by molar-refractivity contribution is 5.91. The summed E-state index contributed by atoms with van der Waals surface area (Å²) in [4.78, 5) is 40.0. The maximum atomic E-state index is 10.1. The minimum absolute atomic E-state index is 0.245. The summed E-state index contributed by atoms with van der Waals surface area (Å²) in [5, 5.41) is 32.8. The van der Waals surface area contributed by atoms with Crippen LogP contribution in [0, 0.1) is 0 Å². The molecule has 8 heteroatoms. The number of carbonyl (C=O) groups is 4. The molecule has 0 amide bonds. The lowest BCUT2D eigenvalue weighted by Crippen LogP contribution is -2.04. The molecule has 0 rings (SSSR count). The summed E-state index contributed by atoms with van der Waals surface area (Å²) in [7, 11) is 0. The van der Waals surface area contributed by atoms with Crippen LogP contribution in [0.15, 0.2) is 12.2 Å². The van der Waals surface area contributed by atoms with Gasteiger partial charge < -0.3 is 20.4 Å². The van der Waals surface area contributed by atoms with Gasteiger partial charge in [-0.2, -0.15) is 0 Å². The molecule has 0 aliphatic rings. The van der Waals surface area contributed by atoms with Crippen LogP contribution in [0.4, 0.5) is 0 Å². The highest BCUT2D eigenvalue weighted by Gasteiger charge is 2.07. The smallest absolute Gasteiger partial charge is 0.331 e. The second-order valence-corrected chi connectivity index (χ2v) is 4.89. The molecule has 0 bridgehead atoms. The number of carboxylic acids is 4. The minimum Gasteiger partial charge on any atom is -0.481 e. The molecule has 0 unspecified atom stereocenters. The van der Waals surface area contributed by atoms with Gasteiger partial charge in [-0.1, -0.05) is 32.3 Å². The molecule has 0 heterocycles. The Bertz CT molecular complexity index is 394. The van der Waals surface area contributed by atoms with Crippen LogP contribution in [-0.2, 0) is 19.2 Å². The normalized spacial score (nSPS) is 9.39. The molecule has 0 radical (unpaired) electrons. The molecule has 132 valence electrons. The van der Waals surface area contributed by atoms with Crippen molar-refractivity contribution >= 4 is 23.9 Å². The van der Waals surface area contributed by atoms with Crippen molar-refractivity contribution in [2.75, 3.05) is 0 Å². The van der Waals surface area contributed by atoms with Crippen molar-refractivity contribution in [3.05, 3.63) is 12.2 Å². The third-order valence-electron chi connectivity index (χ3n) is 2.70. The van der Waals surface area contributed by atoms with Gasteiger partial charge in [0.15, 0.2) is 0 Å². The van der Waals surface area contributed by atoms with Gasteiger partial charge in [-0.15, -0.1) is 0 Å². The molecular weight excluding hydrogens is 308 g/mol. The summed E-state index contributed by atoms with van der Waals surface area (Å²) in [6.07, 6.45) is 5.32. The first-order chi connectivity index (χ1) is 10.7. The van der Waals surface area contributed by atoms with E-state index in [1.807, 2.05) is 0 Å². The zero-order chi connectivity index (χ0) is 18.3. The molecule has 0 atom stereocenters. The summed E-state index contributed by atoms with van der Waals surface area (Å²) in [6, 6.07) is 0. The average Bonchev–Trinajstić information content (AvgIpc) is 2.41. The van der Waals surface area contributed by atoms with Crippen molar-refractivity contribution < 1.29 is 39.6 Å². The van der Waals surface area contributed by atoms with Gasteiger partial charge in [0.1, 0.15) is 0 Å². The minimum atomic E-state index is -1.27. The van der Waals surface area contributed by atoms with E-state index in [0.717, 1.165) is 38.5 Å². The van der Waals surface area contributed by atoms with Crippen LogP contribution in [0.25, 0.3) is 0 Å². The Labute approximate surface area is 134 Å². The Morgan fingerprint density at radius 3 is 1.17 bits per heavy atom. The molecule has 0 aliphatic heterocycles. The molecule has 0 aliphatic carbocycles. The number of hydrogen-bond donors (Lipinski definition) is 4. The van der Waals surface area contributed by atoms with Gasteiger partial charge in [-0.25, -0.2) is 4.79 Å². The first-order valence-electron chi connectivity index (χ1n) is 7.23. The van der Waals surface area contributed by atoms with Crippen molar-refractivity contribution in [1.29, 1.82) is 0 Å². The van der Waals surface area contributed by atoms with Crippen LogP contribution in [-0.4, -0.2) is 44.3 Å². The zero-order valence-corrected chi connectivity index (χ0v) is 13.0. The SMILES string of the molecule is C=C(CC(=O)O)C(=O)O.O=C(O)CCCCCCCCC(=O)O. The number of aliphatic carboxylic acids is 4. The third-order valence-corrected chi connectivity index (χ3v) is 2.70. The van der Waals surface area contributed by atoms with E-state index in [1.54, 1.807) is 0 Å². The maximum Gasteiger partial charge on any atom is 0.331 e. The molecule has 0 aromatic rings. The summed E-state index contributed by atoms with van der Waals surface area (Å²) in [5.41, 5.74) is -0.303. The van der Waals surface area contributed by atoms with E-state index in [-0.39, 0.29) is 18.4 Å². The molecule has 0 saturated heterocycles. The van der Waals surface area contributed by atoms with Crippen molar-refractivity contribution in [2.24, 2.45) is 0 Å². The molecule has 0 aromatic heterocycles. The van der Waals surface area contributed by atoms with E-state index < -0.39 is 30.3 Å². The monoisotopic (exact) mass is 332 g/mol. The zero-order valence-electron chi connectivity index (χ0n) is 13.0. The summed E-state index contributed by atoms with van der Waals surface area (Å²) < 4.78 is 0. The molecule has 4 N–H and O–H groups in total. The van der Waals surface area contributed by atoms with Gasteiger partial charge >= 0.3 is 23.9 Å². The topological polar surface area (TPSA) is 149 Å². The Kier molecular flexibility index (Phi) is 14.5. The lowest BCUT2D eigenvalue weighted by Gasteiger charge is -1.98. The Balaban J connectivity index is 0. The first-order valence-corrected chi connectivity index (χ1v) is 7.23. The lowest BCUT2D eigenvalue weighted by atomic mass is 10.1.